The van der Waals surface area contributed by atoms with E-state index in [9.17, 15) is 4.79 Å². The van der Waals surface area contributed by atoms with Gasteiger partial charge in [0.2, 0.25) is 0 Å². The highest BCUT2D eigenvalue weighted by atomic mass is 32.1. The predicted octanol–water partition coefficient (Wildman–Crippen LogP) is 4.27. The van der Waals surface area contributed by atoms with Gasteiger partial charge in [0, 0.05) is 22.2 Å². The van der Waals surface area contributed by atoms with Crippen LogP contribution < -0.4 is 0 Å². The fourth-order valence-electron chi connectivity index (χ4n) is 2.69. The van der Waals surface area contributed by atoms with Crippen LogP contribution in [-0.2, 0) is 0 Å². The second kappa shape index (κ2) is 6.53. The molecule has 6 nitrogen and oxygen atoms in total. The van der Waals surface area contributed by atoms with Crippen molar-refractivity contribution in [3.63, 3.8) is 0 Å². The summed E-state index contributed by atoms with van der Waals surface area (Å²) in [6.45, 7) is 1.99. The average Bonchev–Trinajstić information content (AvgIpc) is 3.31. The van der Waals surface area contributed by atoms with Crippen molar-refractivity contribution < 1.29 is 9.90 Å². The summed E-state index contributed by atoms with van der Waals surface area (Å²) in [6.07, 6.45) is 0. The van der Waals surface area contributed by atoms with Gasteiger partial charge in [0.1, 0.15) is 10.7 Å². The number of rotatable bonds is 4. The third-order valence-corrected chi connectivity index (χ3v) is 5.00. The zero-order chi connectivity index (χ0) is 18.1. The number of carbonyl (C=O) groups is 1. The number of aromatic carboxylic acids is 1. The average molecular weight is 362 g/mol. The highest BCUT2D eigenvalue weighted by Gasteiger charge is 2.16. The van der Waals surface area contributed by atoms with Crippen molar-refractivity contribution in [3.8, 4) is 33.0 Å². The first-order chi connectivity index (χ1) is 12.6. The number of nitrogens with one attached hydrogen (secondary N) is 1. The lowest BCUT2D eigenvalue weighted by Crippen LogP contribution is -1.99. The van der Waals surface area contributed by atoms with Gasteiger partial charge in [-0.1, -0.05) is 48.5 Å². The van der Waals surface area contributed by atoms with Crippen LogP contribution in [0.4, 0.5) is 0 Å². The molecule has 2 aromatic carbocycles. The van der Waals surface area contributed by atoms with Gasteiger partial charge in [0.05, 0.1) is 0 Å². The second-order valence-corrected chi connectivity index (χ2v) is 6.63. The van der Waals surface area contributed by atoms with Crippen LogP contribution >= 0.6 is 11.3 Å². The summed E-state index contributed by atoms with van der Waals surface area (Å²) in [5, 5.41) is 22.2. The molecule has 0 aliphatic heterocycles. The fourth-order valence-corrected chi connectivity index (χ4v) is 3.50. The van der Waals surface area contributed by atoms with E-state index in [0.717, 1.165) is 27.4 Å². The molecule has 2 aromatic heterocycles. The van der Waals surface area contributed by atoms with Gasteiger partial charge in [-0.3, -0.25) is 0 Å². The van der Waals surface area contributed by atoms with Crippen LogP contribution in [0.25, 0.3) is 33.0 Å². The molecule has 4 rings (SSSR count). The Morgan fingerprint density at radius 1 is 0.923 bits per heavy atom. The Hall–Kier alpha value is -3.32. The summed E-state index contributed by atoms with van der Waals surface area (Å²) in [5.41, 5.74) is 5.19. The molecular formula is C19H14N4O2S. The maximum absolute atomic E-state index is 11.2. The minimum atomic E-state index is -1.11. The first-order valence-electron chi connectivity index (χ1n) is 7.89. The zero-order valence-corrected chi connectivity index (χ0v) is 14.6. The molecular weight excluding hydrogens is 348 g/mol. The van der Waals surface area contributed by atoms with Gasteiger partial charge in [0.15, 0.2) is 5.69 Å². The normalized spacial score (nSPS) is 10.8. The minimum Gasteiger partial charge on any atom is -0.476 e. The summed E-state index contributed by atoms with van der Waals surface area (Å²) in [5.74, 6) is -1.11. The van der Waals surface area contributed by atoms with Crippen molar-refractivity contribution in [1.29, 1.82) is 0 Å². The number of aryl methyl sites for hydroxylation is 1. The first-order valence-corrected chi connectivity index (χ1v) is 8.77. The van der Waals surface area contributed by atoms with Crippen molar-refractivity contribution >= 4 is 17.3 Å². The number of aromatic nitrogens is 4. The van der Waals surface area contributed by atoms with E-state index in [-0.39, 0.29) is 5.69 Å². The quantitative estimate of drug-likeness (QED) is 0.566. The van der Waals surface area contributed by atoms with E-state index < -0.39 is 5.97 Å². The monoisotopic (exact) mass is 362 g/mol. The number of carboxylic acid groups (broad SMARTS) is 1. The van der Waals surface area contributed by atoms with E-state index in [1.54, 1.807) is 11.3 Å². The molecule has 0 aliphatic rings. The van der Waals surface area contributed by atoms with Crippen LogP contribution in [0.5, 0.6) is 0 Å². The maximum Gasteiger partial charge on any atom is 0.358 e. The van der Waals surface area contributed by atoms with Gasteiger partial charge in [-0.2, -0.15) is 10.3 Å². The van der Waals surface area contributed by atoms with E-state index >= 15 is 0 Å². The summed E-state index contributed by atoms with van der Waals surface area (Å²) in [7, 11) is 0. The smallest absolute Gasteiger partial charge is 0.358 e. The third-order valence-electron chi connectivity index (χ3n) is 3.99. The lowest BCUT2D eigenvalue weighted by molar-refractivity contribution is 0.0691. The first kappa shape index (κ1) is 16.2. The van der Waals surface area contributed by atoms with Gasteiger partial charge in [-0.05, 0) is 18.1 Å². The molecule has 4 aromatic rings. The number of aromatic amines is 1. The highest BCUT2D eigenvalue weighted by Crippen LogP contribution is 2.28. The number of nitrogens with zero attached hydrogens (tertiary/aromatic N) is 3. The van der Waals surface area contributed by atoms with Gasteiger partial charge in [-0.25, -0.2) is 9.78 Å². The molecule has 2 heterocycles. The Balaban J connectivity index is 1.61. The molecule has 0 amide bonds. The lowest BCUT2D eigenvalue weighted by Gasteiger charge is -2.05. The van der Waals surface area contributed by atoms with Crippen molar-refractivity contribution in [2.45, 2.75) is 6.92 Å². The van der Waals surface area contributed by atoms with E-state index in [0.29, 0.717) is 11.3 Å². The number of hydrogen-bond acceptors (Lipinski definition) is 5. The topological polar surface area (TPSA) is 91.8 Å². The van der Waals surface area contributed by atoms with E-state index in [1.807, 2.05) is 36.6 Å². The highest BCUT2D eigenvalue weighted by molar-refractivity contribution is 7.13. The van der Waals surface area contributed by atoms with Crippen molar-refractivity contribution in [2.75, 3.05) is 0 Å². The van der Waals surface area contributed by atoms with Crippen LogP contribution in [0.15, 0.2) is 53.9 Å². The molecule has 26 heavy (non-hydrogen) atoms. The van der Waals surface area contributed by atoms with Gasteiger partial charge in [-0.15, -0.1) is 16.4 Å². The summed E-state index contributed by atoms with van der Waals surface area (Å²) >= 11 is 1.63. The summed E-state index contributed by atoms with van der Waals surface area (Å²) < 4.78 is 0. The fraction of sp³-hybridized carbons (Fsp3) is 0.0526. The van der Waals surface area contributed by atoms with Crippen molar-refractivity contribution in [2.24, 2.45) is 0 Å². The largest absolute Gasteiger partial charge is 0.476 e. The summed E-state index contributed by atoms with van der Waals surface area (Å²) in [6, 6.07) is 15.8. The van der Waals surface area contributed by atoms with Crippen molar-refractivity contribution in [3.05, 3.63) is 65.3 Å². The molecule has 0 aliphatic carbocycles. The number of carboxylic acids is 1. The van der Waals surface area contributed by atoms with E-state index in [2.05, 4.69) is 44.7 Å². The lowest BCUT2D eigenvalue weighted by atomic mass is 10.0. The van der Waals surface area contributed by atoms with E-state index in [1.165, 1.54) is 0 Å². The van der Waals surface area contributed by atoms with Crippen LogP contribution in [0.3, 0.4) is 0 Å². The molecule has 128 valence electrons. The minimum absolute atomic E-state index is 0.0826. The number of thiazole rings is 1. The molecule has 0 radical (unpaired) electrons. The molecule has 0 saturated heterocycles. The number of hydrogen-bond donors (Lipinski definition) is 2. The second-order valence-electron chi connectivity index (χ2n) is 5.77. The molecule has 7 heteroatoms. The molecule has 2 N–H and O–H groups in total. The Labute approximate surface area is 153 Å². The molecule has 0 saturated carbocycles. The van der Waals surface area contributed by atoms with Crippen LogP contribution in [0, 0.1) is 6.92 Å². The van der Waals surface area contributed by atoms with Crippen LogP contribution in [-0.4, -0.2) is 31.5 Å². The Kier molecular flexibility index (Phi) is 4.06. The number of benzene rings is 2. The van der Waals surface area contributed by atoms with E-state index in [4.69, 9.17) is 5.11 Å². The Bertz CT molecular complexity index is 1070. The number of H-pyrrole nitrogens is 1. The predicted molar refractivity (Wildman–Crippen MR) is 100 cm³/mol. The van der Waals surface area contributed by atoms with Gasteiger partial charge < -0.3 is 5.11 Å². The Morgan fingerprint density at radius 2 is 1.50 bits per heavy atom. The molecule has 0 spiro atoms. The van der Waals surface area contributed by atoms with Crippen molar-refractivity contribution in [1.82, 2.24) is 20.4 Å². The zero-order valence-electron chi connectivity index (χ0n) is 13.8. The van der Waals surface area contributed by atoms with Crippen LogP contribution in [0.2, 0.25) is 0 Å². The Morgan fingerprint density at radius 3 is 2.04 bits per heavy atom. The van der Waals surface area contributed by atoms with Gasteiger partial charge >= 0.3 is 5.97 Å². The SMILES string of the molecule is Cc1csc(-c2ccc(-c3ccc(-c4n[nH]nc4C(=O)O)cc3)cc2)n1. The molecule has 0 bridgehead atoms. The molecule has 0 atom stereocenters. The molecule has 0 unspecified atom stereocenters. The van der Waals surface area contributed by atoms with Gasteiger partial charge in [0.25, 0.3) is 0 Å². The standard InChI is InChI=1S/C19H14N4O2S/c1-11-10-26-18(20-11)15-8-4-13(5-9-15)12-2-6-14(7-3-12)16-17(19(24)25)22-23-21-16/h2-10H,1H3,(H,24,25)(H,21,22,23). The maximum atomic E-state index is 11.2. The van der Waals surface area contributed by atoms with Crippen LogP contribution in [0.1, 0.15) is 16.2 Å². The summed E-state index contributed by atoms with van der Waals surface area (Å²) in [4.78, 5) is 15.7. The molecule has 0 fully saturated rings. The third kappa shape index (κ3) is 3.00.